The second-order valence-corrected chi connectivity index (χ2v) is 7.12. The molecule has 0 bridgehead atoms. The SMILES string of the molecule is Cc1ccccc1OC[C@H]1CCCN(C(=O)c2ccc3[nH]ccc3c2)C1. The molecule has 3 aromatic rings. The van der Waals surface area contributed by atoms with Gasteiger partial charge in [-0.15, -0.1) is 0 Å². The number of aromatic amines is 1. The number of carbonyl (C=O) groups excluding carboxylic acids is 1. The van der Waals surface area contributed by atoms with Crippen molar-refractivity contribution in [1.82, 2.24) is 9.88 Å². The van der Waals surface area contributed by atoms with Gasteiger partial charge < -0.3 is 14.6 Å². The lowest BCUT2D eigenvalue weighted by molar-refractivity contribution is 0.0633. The van der Waals surface area contributed by atoms with Gasteiger partial charge in [0.1, 0.15) is 5.75 Å². The molecule has 4 heteroatoms. The Balaban J connectivity index is 1.41. The minimum Gasteiger partial charge on any atom is -0.493 e. The molecule has 4 nitrogen and oxygen atoms in total. The quantitative estimate of drug-likeness (QED) is 0.759. The third kappa shape index (κ3) is 3.45. The molecule has 4 rings (SSSR count). The van der Waals surface area contributed by atoms with Gasteiger partial charge in [0.15, 0.2) is 0 Å². The summed E-state index contributed by atoms with van der Waals surface area (Å²) in [5.74, 6) is 1.44. The molecule has 0 aliphatic carbocycles. The van der Waals surface area contributed by atoms with E-state index in [2.05, 4.69) is 18.0 Å². The summed E-state index contributed by atoms with van der Waals surface area (Å²) in [7, 11) is 0. The van der Waals surface area contributed by atoms with Gasteiger partial charge in [0, 0.05) is 41.7 Å². The number of fused-ring (bicyclic) bond motifs is 1. The average Bonchev–Trinajstić information content (AvgIpc) is 3.15. The van der Waals surface area contributed by atoms with E-state index in [9.17, 15) is 4.79 Å². The molecule has 2 aromatic carbocycles. The molecule has 0 spiro atoms. The third-order valence-corrected chi connectivity index (χ3v) is 5.17. The molecule has 1 saturated heterocycles. The first kappa shape index (κ1) is 16.7. The Labute approximate surface area is 153 Å². The Morgan fingerprint density at radius 3 is 3.00 bits per heavy atom. The number of rotatable bonds is 4. The first-order valence-electron chi connectivity index (χ1n) is 9.25. The lowest BCUT2D eigenvalue weighted by atomic mass is 9.98. The smallest absolute Gasteiger partial charge is 0.253 e. The number of aryl methyl sites for hydroxylation is 1. The molecule has 1 aromatic heterocycles. The van der Waals surface area contributed by atoms with Gasteiger partial charge in [-0.1, -0.05) is 18.2 Å². The molecule has 26 heavy (non-hydrogen) atoms. The zero-order valence-corrected chi connectivity index (χ0v) is 15.1. The maximum atomic E-state index is 12.9. The van der Waals surface area contributed by atoms with Crippen molar-refractivity contribution in [1.29, 1.82) is 0 Å². The van der Waals surface area contributed by atoms with Crippen molar-refractivity contribution in [3.8, 4) is 5.75 Å². The molecule has 1 N–H and O–H groups in total. The minimum atomic E-state index is 0.119. The number of amides is 1. The summed E-state index contributed by atoms with van der Waals surface area (Å²) < 4.78 is 6.02. The largest absolute Gasteiger partial charge is 0.493 e. The van der Waals surface area contributed by atoms with Crippen molar-refractivity contribution in [3.63, 3.8) is 0 Å². The summed E-state index contributed by atoms with van der Waals surface area (Å²) in [5, 5.41) is 1.08. The van der Waals surface area contributed by atoms with Gasteiger partial charge in [0.05, 0.1) is 6.61 Å². The topological polar surface area (TPSA) is 45.3 Å². The van der Waals surface area contributed by atoms with Crippen molar-refractivity contribution in [3.05, 3.63) is 65.9 Å². The van der Waals surface area contributed by atoms with E-state index in [0.717, 1.165) is 53.7 Å². The number of hydrogen-bond donors (Lipinski definition) is 1. The highest BCUT2D eigenvalue weighted by molar-refractivity contribution is 5.98. The number of likely N-dealkylation sites (tertiary alicyclic amines) is 1. The molecular formula is C22H24N2O2. The molecule has 134 valence electrons. The highest BCUT2D eigenvalue weighted by Crippen LogP contribution is 2.23. The Hall–Kier alpha value is -2.75. The summed E-state index contributed by atoms with van der Waals surface area (Å²) in [4.78, 5) is 18.1. The molecule has 0 unspecified atom stereocenters. The summed E-state index contributed by atoms with van der Waals surface area (Å²) in [6.45, 7) is 4.30. The second kappa shape index (κ2) is 7.24. The van der Waals surface area contributed by atoms with E-state index in [1.54, 1.807) is 0 Å². The van der Waals surface area contributed by atoms with E-state index < -0.39 is 0 Å². The Morgan fingerprint density at radius 2 is 2.12 bits per heavy atom. The fourth-order valence-corrected chi connectivity index (χ4v) is 3.68. The number of piperidine rings is 1. The van der Waals surface area contributed by atoms with E-state index in [1.807, 2.05) is 53.6 Å². The predicted molar refractivity (Wildman–Crippen MR) is 104 cm³/mol. The summed E-state index contributed by atoms with van der Waals surface area (Å²) in [6.07, 6.45) is 4.03. The molecular weight excluding hydrogens is 324 g/mol. The number of benzene rings is 2. The van der Waals surface area contributed by atoms with E-state index in [4.69, 9.17) is 4.74 Å². The molecule has 1 amide bonds. The van der Waals surface area contributed by atoms with Crippen LogP contribution in [0.15, 0.2) is 54.7 Å². The first-order chi connectivity index (χ1) is 12.7. The fraction of sp³-hybridized carbons (Fsp3) is 0.318. The maximum absolute atomic E-state index is 12.9. The number of nitrogens with one attached hydrogen (secondary N) is 1. The van der Waals surface area contributed by atoms with Crippen molar-refractivity contribution >= 4 is 16.8 Å². The Kier molecular flexibility index (Phi) is 4.65. The number of para-hydroxylation sites is 1. The highest BCUT2D eigenvalue weighted by atomic mass is 16.5. The van der Waals surface area contributed by atoms with Crippen LogP contribution < -0.4 is 4.74 Å². The van der Waals surface area contributed by atoms with E-state index in [-0.39, 0.29) is 5.91 Å². The van der Waals surface area contributed by atoms with E-state index >= 15 is 0 Å². The number of nitrogens with zero attached hydrogens (tertiary/aromatic N) is 1. The number of carbonyl (C=O) groups is 1. The van der Waals surface area contributed by atoms with Crippen molar-refractivity contribution in [2.45, 2.75) is 19.8 Å². The van der Waals surface area contributed by atoms with Crippen LogP contribution in [0.1, 0.15) is 28.8 Å². The van der Waals surface area contributed by atoms with Gasteiger partial charge >= 0.3 is 0 Å². The summed E-state index contributed by atoms with van der Waals surface area (Å²) in [5.41, 5.74) is 2.97. The number of H-pyrrole nitrogens is 1. The number of ether oxygens (including phenoxy) is 1. The molecule has 0 radical (unpaired) electrons. The normalized spacial score (nSPS) is 17.4. The van der Waals surface area contributed by atoms with Crippen LogP contribution in [0.4, 0.5) is 0 Å². The van der Waals surface area contributed by atoms with Crippen LogP contribution in [0.25, 0.3) is 10.9 Å². The van der Waals surface area contributed by atoms with Crippen molar-refractivity contribution in [2.24, 2.45) is 5.92 Å². The predicted octanol–water partition coefficient (Wildman–Crippen LogP) is 4.41. The van der Waals surface area contributed by atoms with Gasteiger partial charge in [-0.2, -0.15) is 0 Å². The zero-order valence-electron chi connectivity index (χ0n) is 15.1. The first-order valence-corrected chi connectivity index (χ1v) is 9.25. The third-order valence-electron chi connectivity index (χ3n) is 5.17. The van der Waals surface area contributed by atoms with Gasteiger partial charge in [-0.3, -0.25) is 4.79 Å². The zero-order chi connectivity index (χ0) is 17.9. The molecule has 1 atom stereocenters. The second-order valence-electron chi connectivity index (χ2n) is 7.12. The fourth-order valence-electron chi connectivity index (χ4n) is 3.68. The van der Waals surface area contributed by atoms with Gasteiger partial charge in [0.2, 0.25) is 0 Å². The van der Waals surface area contributed by atoms with Crippen LogP contribution in [0.5, 0.6) is 5.75 Å². The molecule has 1 aliphatic rings. The standard InChI is InChI=1S/C22H24N2O2/c1-16-5-2-3-7-21(16)26-15-17-6-4-12-24(14-17)22(25)19-8-9-20-18(13-19)10-11-23-20/h2-3,5,7-11,13,17,23H,4,6,12,14-15H2,1H3/t17-/m0/s1. The van der Waals surface area contributed by atoms with Crippen LogP contribution in [0, 0.1) is 12.8 Å². The lowest BCUT2D eigenvalue weighted by Gasteiger charge is -2.33. The summed E-state index contributed by atoms with van der Waals surface area (Å²) in [6, 6.07) is 15.9. The van der Waals surface area contributed by atoms with E-state index in [1.165, 1.54) is 0 Å². The van der Waals surface area contributed by atoms with Crippen LogP contribution in [-0.2, 0) is 0 Å². The van der Waals surface area contributed by atoms with Crippen LogP contribution in [0.2, 0.25) is 0 Å². The van der Waals surface area contributed by atoms with Crippen LogP contribution in [-0.4, -0.2) is 35.5 Å². The van der Waals surface area contributed by atoms with Gasteiger partial charge in [-0.05, 0) is 55.7 Å². The van der Waals surface area contributed by atoms with Gasteiger partial charge in [-0.25, -0.2) is 0 Å². The highest BCUT2D eigenvalue weighted by Gasteiger charge is 2.25. The van der Waals surface area contributed by atoms with Gasteiger partial charge in [0.25, 0.3) is 5.91 Å². The lowest BCUT2D eigenvalue weighted by Crippen LogP contribution is -2.41. The van der Waals surface area contributed by atoms with Crippen molar-refractivity contribution in [2.75, 3.05) is 19.7 Å². The minimum absolute atomic E-state index is 0.119. The van der Waals surface area contributed by atoms with Crippen molar-refractivity contribution < 1.29 is 9.53 Å². The molecule has 1 aliphatic heterocycles. The molecule has 0 saturated carbocycles. The van der Waals surface area contributed by atoms with Crippen LogP contribution >= 0.6 is 0 Å². The maximum Gasteiger partial charge on any atom is 0.253 e. The molecule has 1 fully saturated rings. The number of hydrogen-bond acceptors (Lipinski definition) is 2. The average molecular weight is 348 g/mol. The summed E-state index contributed by atoms with van der Waals surface area (Å²) >= 11 is 0. The Morgan fingerprint density at radius 1 is 1.23 bits per heavy atom. The van der Waals surface area contributed by atoms with E-state index in [0.29, 0.717) is 12.5 Å². The Bertz CT molecular complexity index is 915. The monoisotopic (exact) mass is 348 g/mol. The van der Waals surface area contributed by atoms with Crippen LogP contribution in [0.3, 0.4) is 0 Å². The number of aromatic nitrogens is 1. The molecule has 2 heterocycles.